The summed E-state index contributed by atoms with van der Waals surface area (Å²) in [4.78, 5) is 81.0. The summed E-state index contributed by atoms with van der Waals surface area (Å²) in [7, 11) is 6.63. The van der Waals surface area contributed by atoms with Gasteiger partial charge in [-0.2, -0.15) is 0 Å². The fourth-order valence-electron chi connectivity index (χ4n) is 9.20. The van der Waals surface area contributed by atoms with E-state index in [9.17, 15) is 28.8 Å². The van der Waals surface area contributed by atoms with Gasteiger partial charge in [-0.3, -0.25) is 39.1 Å². The molecule has 56 heavy (non-hydrogen) atoms. The van der Waals surface area contributed by atoms with Gasteiger partial charge in [0.05, 0.1) is 43.6 Å². The van der Waals surface area contributed by atoms with Crippen molar-refractivity contribution in [2.24, 2.45) is 12.5 Å². The summed E-state index contributed by atoms with van der Waals surface area (Å²) < 4.78 is 19.8. The first-order valence-corrected chi connectivity index (χ1v) is 19.1. The van der Waals surface area contributed by atoms with Gasteiger partial charge in [-0.25, -0.2) is 4.79 Å². The number of hydrogen-bond donors (Lipinski definition) is 2. The summed E-state index contributed by atoms with van der Waals surface area (Å²) in [6.07, 6.45) is 6.36. The van der Waals surface area contributed by atoms with E-state index in [-0.39, 0.29) is 53.6 Å². The maximum Gasteiger partial charge on any atom is 0.317 e. The Morgan fingerprint density at radius 3 is 2.25 bits per heavy atom. The van der Waals surface area contributed by atoms with E-state index < -0.39 is 29.7 Å². The molecule has 1 saturated carbocycles. The Balaban J connectivity index is 0.905. The average molecular weight is 767 g/mol. The number of carbonyl (C=O) groups is 5. The first-order valence-electron chi connectivity index (χ1n) is 19.1. The van der Waals surface area contributed by atoms with E-state index in [2.05, 4.69) is 15.5 Å². The molecule has 4 aliphatic heterocycles. The van der Waals surface area contributed by atoms with Gasteiger partial charge in [0.2, 0.25) is 11.8 Å². The van der Waals surface area contributed by atoms with Gasteiger partial charge in [0.25, 0.3) is 17.4 Å². The predicted octanol–water partition coefficient (Wildman–Crippen LogP) is 2.99. The molecule has 0 radical (unpaired) electrons. The molecule has 15 heteroatoms. The Hall–Kier alpha value is -5.70. The molecule has 5 heterocycles. The Labute approximate surface area is 323 Å². The number of rotatable bonds is 8. The van der Waals surface area contributed by atoms with Crippen LogP contribution in [-0.4, -0.2) is 102 Å². The number of ether oxygens (including phenoxy) is 3. The summed E-state index contributed by atoms with van der Waals surface area (Å²) in [5, 5.41) is 4.88. The minimum atomic E-state index is -1.01. The summed E-state index contributed by atoms with van der Waals surface area (Å²) in [6, 6.07) is 7.68. The van der Waals surface area contributed by atoms with E-state index in [1.807, 2.05) is 18.3 Å². The highest BCUT2D eigenvalue weighted by Gasteiger charge is 2.48. The molecule has 1 aromatic heterocycles. The molecule has 2 saturated heterocycles. The van der Waals surface area contributed by atoms with E-state index in [4.69, 9.17) is 14.2 Å². The van der Waals surface area contributed by atoms with Gasteiger partial charge in [0.1, 0.15) is 23.3 Å². The van der Waals surface area contributed by atoms with Crippen LogP contribution < -0.4 is 30.4 Å². The highest BCUT2D eigenvalue weighted by molar-refractivity contribution is 6.23. The SMILES string of the molecule is CNC(=O)N1CCc2c(-c3cc(OC)c(CN4CCC5(CC4)CC(Oc4ccc6c(c4)C(=O)N(C4CCC(=O)NC4=O)C6=O)C5)c(OC)c3)cn(C)c(=O)c2C1. The zero-order valence-corrected chi connectivity index (χ0v) is 32.1. The van der Waals surface area contributed by atoms with Crippen LogP contribution >= 0.6 is 0 Å². The summed E-state index contributed by atoms with van der Waals surface area (Å²) in [5.41, 5.74) is 4.79. The van der Waals surface area contributed by atoms with Crippen LogP contribution in [0.4, 0.5) is 4.79 Å². The molecular weight excluding hydrogens is 720 g/mol. The quantitative estimate of drug-likeness (QED) is 0.326. The van der Waals surface area contributed by atoms with Gasteiger partial charge in [-0.05, 0) is 98.5 Å². The average Bonchev–Trinajstić information content (AvgIpc) is 3.43. The lowest BCUT2D eigenvalue weighted by Gasteiger charge is -2.51. The minimum absolute atomic E-state index is 0.0131. The molecule has 2 aromatic carbocycles. The van der Waals surface area contributed by atoms with Crippen LogP contribution in [0.1, 0.15) is 75.9 Å². The fraction of sp³-hybridized carbons (Fsp3) is 0.463. The molecule has 5 aliphatic rings. The van der Waals surface area contributed by atoms with Crippen LogP contribution in [0.2, 0.25) is 0 Å². The zero-order valence-electron chi connectivity index (χ0n) is 32.1. The Bertz CT molecular complexity index is 2190. The Morgan fingerprint density at radius 1 is 0.893 bits per heavy atom. The van der Waals surface area contributed by atoms with Crippen LogP contribution in [-0.2, 0) is 36.1 Å². The number of nitrogens with zero attached hydrogens (tertiary/aromatic N) is 4. The van der Waals surface area contributed by atoms with Crippen molar-refractivity contribution in [2.45, 2.75) is 70.2 Å². The summed E-state index contributed by atoms with van der Waals surface area (Å²) in [5.74, 6) is -0.208. The smallest absolute Gasteiger partial charge is 0.317 e. The number of fused-ring (bicyclic) bond motifs is 2. The van der Waals surface area contributed by atoms with E-state index in [1.54, 1.807) is 56.0 Å². The van der Waals surface area contributed by atoms with Crippen LogP contribution in [0.25, 0.3) is 11.1 Å². The molecule has 1 atom stereocenters. The van der Waals surface area contributed by atoms with Crippen molar-refractivity contribution in [1.29, 1.82) is 0 Å². The highest BCUT2D eigenvalue weighted by Crippen LogP contribution is 2.51. The summed E-state index contributed by atoms with van der Waals surface area (Å²) >= 11 is 0. The molecule has 15 nitrogen and oxygen atoms in total. The van der Waals surface area contributed by atoms with Crippen molar-refractivity contribution in [3.8, 4) is 28.4 Å². The van der Waals surface area contributed by atoms with Crippen molar-refractivity contribution in [2.75, 3.05) is 40.9 Å². The molecule has 3 fully saturated rings. The van der Waals surface area contributed by atoms with E-state index >= 15 is 0 Å². The second-order valence-corrected chi connectivity index (χ2v) is 15.6. The number of aryl methyl sites for hydroxylation is 1. The van der Waals surface area contributed by atoms with Gasteiger partial charge < -0.3 is 29.0 Å². The predicted molar refractivity (Wildman–Crippen MR) is 203 cm³/mol. The van der Waals surface area contributed by atoms with Gasteiger partial charge in [-0.1, -0.05) is 0 Å². The second kappa shape index (κ2) is 14.4. The monoisotopic (exact) mass is 766 g/mol. The number of pyridine rings is 1. The molecule has 1 spiro atoms. The number of aromatic nitrogens is 1. The first-order chi connectivity index (χ1) is 26.9. The first kappa shape index (κ1) is 37.2. The number of piperidine rings is 2. The largest absolute Gasteiger partial charge is 0.496 e. The topological polar surface area (TPSA) is 169 Å². The van der Waals surface area contributed by atoms with Crippen LogP contribution in [0.15, 0.2) is 41.3 Å². The number of methoxy groups -OCH3 is 2. The number of benzene rings is 2. The van der Waals surface area contributed by atoms with E-state index in [0.29, 0.717) is 42.3 Å². The Morgan fingerprint density at radius 2 is 1.59 bits per heavy atom. The molecule has 6 amide bonds. The number of imide groups is 2. The zero-order chi connectivity index (χ0) is 39.5. The normalized spacial score (nSPS) is 20.7. The van der Waals surface area contributed by atoms with Gasteiger partial charge in [0.15, 0.2) is 0 Å². The second-order valence-electron chi connectivity index (χ2n) is 15.6. The molecule has 2 N–H and O–H groups in total. The number of likely N-dealkylation sites (tertiary alicyclic amines) is 1. The maximum absolute atomic E-state index is 13.3. The lowest BCUT2D eigenvalue weighted by molar-refractivity contribution is -0.136. The number of amides is 6. The third-order valence-corrected chi connectivity index (χ3v) is 12.3. The highest BCUT2D eigenvalue weighted by atomic mass is 16.5. The van der Waals surface area contributed by atoms with Crippen molar-refractivity contribution >= 4 is 29.7 Å². The Kier molecular flexibility index (Phi) is 9.59. The molecule has 294 valence electrons. The van der Waals surface area contributed by atoms with Crippen LogP contribution in [0, 0.1) is 5.41 Å². The standard InChI is InChI=1S/C41H46N6O9/c1-42-40(53)46-12-9-26-29(20-44(2)37(50)30(26)22-46)23-15-33(54-3)31(34(16-23)55-4)21-45-13-10-41(11-14-45)18-25(19-41)56-24-5-6-27-28(17-24)39(52)47(38(27)51)32-7-8-35(48)43-36(32)49/h5-6,15-17,20,25,32H,7-14,18-19,21-22H2,1-4H3,(H,42,53)(H,43,48,49). The number of nitrogens with one attached hydrogen (secondary N) is 2. The van der Waals surface area contributed by atoms with Crippen molar-refractivity contribution < 1.29 is 38.2 Å². The van der Waals surface area contributed by atoms with Crippen molar-refractivity contribution in [3.63, 3.8) is 0 Å². The molecular formula is C41H46N6O9. The van der Waals surface area contributed by atoms with E-state index in [0.717, 1.165) is 65.9 Å². The molecule has 0 bridgehead atoms. The van der Waals surface area contributed by atoms with Gasteiger partial charge in [-0.15, -0.1) is 0 Å². The van der Waals surface area contributed by atoms with Crippen molar-refractivity contribution in [1.82, 2.24) is 29.9 Å². The molecule has 1 aliphatic carbocycles. The van der Waals surface area contributed by atoms with Crippen LogP contribution in [0.3, 0.4) is 0 Å². The van der Waals surface area contributed by atoms with Gasteiger partial charge in [0, 0.05) is 50.9 Å². The molecule has 1 unspecified atom stereocenters. The lowest BCUT2D eigenvalue weighted by Crippen LogP contribution is -2.54. The molecule has 8 rings (SSSR count). The third kappa shape index (κ3) is 6.46. The maximum atomic E-state index is 13.3. The lowest BCUT2D eigenvalue weighted by atomic mass is 9.61. The minimum Gasteiger partial charge on any atom is -0.496 e. The van der Waals surface area contributed by atoms with Crippen LogP contribution in [0.5, 0.6) is 17.2 Å². The third-order valence-electron chi connectivity index (χ3n) is 12.3. The number of carbonyl (C=O) groups excluding carboxylic acids is 5. The van der Waals surface area contributed by atoms with Gasteiger partial charge >= 0.3 is 6.03 Å². The fourth-order valence-corrected chi connectivity index (χ4v) is 9.20. The number of hydrogen-bond acceptors (Lipinski definition) is 10. The number of urea groups is 1. The molecule has 3 aromatic rings. The van der Waals surface area contributed by atoms with Crippen molar-refractivity contribution in [3.05, 3.63) is 74.7 Å². The van der Waals surface area contributed by atoms with E-state index in [1.165, 1.54) is 0 Å². The summed E-state index contributed by atoms with van der Waals surface area (Å²) in [6.45, 7) is 3.18.